The summed E-state index contributed by atoms with van der Waals surface area (Å²) in [6.07, 6.45) is 7.76. The Kier molecular flexibility index (Phi) is 3.32. The van der Waals surface area contributed by atoms with Crippen LogP contribution in [0.4, 0.5) is 0 Å². The Morgan fingerprint density at radius 1 is 1.58 bits per heavy atom. The van der Waals surface area contributed by atoms with Crippen molar-refractivity contribution < 1.29 is 9.53 Å². The molecule has 2 heteroatoms. The minimum Gasteiger partial charge on any atom is -0.463 e. The summed E-state index contributed by atoms with van der Waals surface area (Å²) >= 11 is 0. The van der Waals surface area contributed by atoms with Crippen LogP contribution in [0.1, 0.15) is 33.1 Å². The van der Waals surface area contributed by atoms with E-state index in [1.807, 2.05) is 6.92 Å². The van der Waals surface area contributed by atoms with E-state index in [0.29, 0.717) is 5.92 Å². The van der Waals surface area contributed by atoms with E-state index in [1.54, 1.807) is 0 Å². The van der Waals surface area contributed by atoms with Crippen molar-refractivity contribution in [3.63, 3.8) is 0 Å². The highest BCUT2D eigenvalue weighted by Gasteiger charge is 2.19. The van der Waals surface area contributed by atoms with Gasteiger partial charge in [-0.1, -0.05) is 12.2 Å². The standard InChI is InChI=1S/C10H16O2/c1-8(12-9(2)11)10-6-4-3-5-7-10/h3-4,8,10H,5-7H2,1-2H3/t8-,10?/m0/s1. The largest absolute Gasteiger partial charge is 0.463 e. The molecule has 1 aliphatic carbocycles. The predicted octanol–water partition coefficient (Wildman–Crippen LogP) is 2.29. The molecule has 0 heterocycles. The quantitative estimate of drug-likeness (QED) is 0.467. The van der Waals surface area contributed by atoms with Gasteiger partial charge in [-0.25, -0.2) is 0 Å². The maximum absolute atomic E-state index is 10.7. The number of carbonyl (C=O) groups excluding carboxylic acids is 1. The molecule has 0 N–H and O–H groups in total. The van der Waals surface area contributed by atoms with Crippen LogP contribution in [0.25, 0.3) is 0 Å². The Bertz CT molecular complexity index is 184. The zero-order chi connectivity index (χ0) is 8.97. The fraction of sp³-hybridized carbons (Fsp3) is 0.700. The fourth-order valence-corrected chi connectivity index (χ4v) is 1.60. The van der Waals surface area contributed by atoms with E-state index in [9.17, 15) is 4.79 Å². The first kappa shape index (κ1) is 9.30. The monoisotopic (exact) mass is 168 g/mol. The van der Waals surface area contributed by atoms with Gasteiger partial charge in [0.15, 0.2) is 0 Å². The van der Waals surface area contributed by atoms with Crippen LogP contribution in [0.3, 0.4) is 0 Å². The minimum atomic E-state index is -0.169. The molecule has 0 amide bonds. The normalized spacial score (nSPS) is 25.0. The van der Waals surface area contributed by atoms with Crippen molar-refractivity contribution in [1.82, 2.24) is 0 Å². The first-order valence-corrected chi connectivity index (χ1v) is 4.52. The van der Waals surface area contributed by atoms with Crippen molar-refractivity contribution in [2.24, 2.45) is 5.92 Å². The molecule has 0 aromatic rings. The fourth-order valence-electron chi connectivity index (χ4n) is 1.60. The summed E-state index contributed by atoms with van der Waals surface area (Å²) in [7, 11) is 0. The number of hydrogen-bond donors (Lipinski definition) is 0. The Balaban J connectivity index is 2.35. The highest BCUT2D eigenvalue weighted by Crippen LogP contribution is 2.23. The van der Waals surface area contributed by atoms with Crippen molar-refractivity contribution in [2.75, 3.05) is 0 Å². The summed E-state index contributed by atoms with van der Waals surface area (Å²) in [4.78, 5) is 10.7. The first-order valence-electron chi connectivity index (χ1n) is 4.52. The molecule has 2 nitrogen and oxygen atoms in total. The zero-order valence-corrected chi connectivity index (χ0v) is 7.75. The SMILES string of the molecule is CC(=O)O[C@@H](C)C1CC=CCC1. The summed E-state index contributed by atoms with van der Waals surface area (Å²) in [5, 5.41) is 0. The van der Waals surface area contributed by atoms with Gasteiger partial charge in [-0.15, -0.1) is 0 Å². The van der Waals surface area contributed by atoms with Crippen molar-refractivity contribution in [3.05, 3.63) is 12.2 Å². The molecule has 12 heavy (non-hydrogen) atoms. The van der Waals surface area contributed by atoms with Crippen LogP contribution >= 0.6 is 0 Å². The van der Waals surface area contributed by atoms with Gasteiger partial charge in [0.25, 0.3) is 0 Å². The molecule has 0 fully saturated rings. The summed E-state index contributed by atoms with van der Waals surface area (Å²) in [5.74, 6) is 0.357. The molecule has 0 radical (unpaired) electrons. The Morgan fingerprint density at radius 3 is 2.83 bits per heavy atom. The van der Waals surface area contributed by atoms with Gasteiger partial charge in [-0.2, -0.15) is 0 Å². The molecule has 1 aliphatic rings. The highest BCUT2D eigenvalue weighted by molar-refractivity contribution is 5.66. The van der Waals surface area contributed by atoms with Crippen LogP contribution < -0.4 is 0 Å². The summed E-state index contributed by atoms with van der Waals surface area (Å²) < 4.78 is 5.12. The van der Waals surface area contributed by atoms with E-state index in [-0.39, 0.29) is 12.1 Å². The minimum absolute atomic E-state index is 0.0763. The number of ether oxygens (including phenoxy) is 1. The number of esters is 1. The molecule has 0 aromatic carbocycles. The smallest absolute Gasteiger partial charge is 0.302 e. The average molecular weight is 168 g/mol. The van der Waals surface area contributed by atoms with Crippen molar-refractivity contribution in [1.29, 1.82) is 0 Å². The number of hydrogen-bond acceptors (Lipinski definition) is 2. The van der Waals surface area contributed by atoms with Crippen LogP contribution in [-0.2, 0) is 9.53 Å². The second-order valence-electron chi connectivity index (χ2n) is 3.36. The number of allylic oxidation sites excluding steroid dienone is 2. The van der Waals surface area contributed by atoms with Gasteiger partial charge >= 0.3 is 5.97 Å². The van der Waals surface area contributed by atoms with E-state index < -0.39 is 0 Å². The third-order valence-electron chi connectivity index (χ3n) is 2.33. The van der Waals surface area contributed by atoms with E-state index in [2.05, 4.69) is 12.2 Å². The predicted molar refractivity (Wildman–Crippen MR) is 47.7 cm³/mol. The molecule has 1 rings (SSSR count). The molecule has 2 atom stereocenters. The van der Waals surface area contributed by atoms with Crippen molar-refractivity contribution >= 4 is 5.97 Å². The van der Waals surface area contributed by atoms with E-state index >= 15 is 0 Å². The lowest BCUT2D eigenvalue weighted by atomic mass is 9.90. The van der Waals surface area contributed by atoms with Crippen molar-refractivity contribution in [2.45, 2.75) is 39.2 Å². The first-order chi connectivity index (χ1) is 5.70. The van der Waals surface area contributed by atoms with Crippen LogP contribution in [0.5, 0.6) is 0 Å². The van der Waals surface area contributed by atoms with Gasteiger partial charge in [0.2, 0.25) is 0 Å². The maximum atomic E-state index is 10.7. The summed E-state index contributed by atoms with van der Waals surface area (Å²) in [6.45, 7) is 3.44. The van der Waals surface area contributed by atoms with E-state index in [1.165, 1.54) is 6.92 Å². The van der Waals surface area contributed by atoms with Crippen molar-refractivity contribution in [3.8, 4) is 0 Å². The van der Waals surface area contributed by atoms with Gasteiger partial charge in [-0.3, -0.25) is 4.79 Å². The lowest BCUT2D eigenvalue weighted by Crippen LogP contribution is -2.23. The lowest BCUT2D eigenvalue weighted by molar-refractivity contribution is -0.148. The molecule has 0 bridgehead atoms. The van der Waals surface area contributed by atoms with Gasteiger partial charge in [-0.05, 0) is 32.1 Å². The molecule has 1 unspecified atom stereocenters. The Labute approximate surface area is 73.6 Å². The highest BCUT2D eigenvalue weighted by atomic mass is 16.5. The average Bonchev–Trinajstić information content (AvgIpc) is 2.05. The van der Waals surface area contributed by atoms with E-state index in [0.717, 1.165) is 19.3 Å². The van der Waals surface area contributed by atoms with Crippen LogP contribution in [0, 0.1) is 5.92 Å². The molecule has 0 aliphatic heterocycles. The second-order valence-corrected chi connectivity index (χ2v) is 3.36. The molecule has 0 saturated carbocycles. The number of rotatable bonds is 2. The number of carbonyl (C=O) groups is 1. The third kappa shape index (κ3) is 2.68. The zero-order valence-electron chi connectivity index (χ0n) is 7.75. The lowest BCUT2D eigenvalue weighted by Gasteiger charge is -2.24. The van der Waals surface area contributed by atoms with Gasteiger partial charge in [0.05, 0.1) is 0 Å². The summed E-state index contributed by atoms with van der Waals surface area (Å²) in [5.41, 5.74) is 0. The van der Waals surface area contributed by atoms with Gasteiger partial charge in [0.1, 0.15) is 6.10 Å². The molecule has 0 spiro atoms. The third-order valence-corrected chi connectivity index (χ3v) is 2.33. The molecular weight excluding hydrogens is 152 g/mol. The summed E-state index contributed by atoms with van der Waals surface area (Å²) in [6, 6.07) is 0. The van der Waals surface area contributed by atoms with Crippen LogP contribution in [-0.4, -0.2) is 12.1 Å². The van der Waals surface area contributed by atoms with E-state index in [4.69, 9.17) is 4.74 Å². The topological polar surface area (TPSA) is 26.3 Å². The Morgan fingerprint density at radius 2 is 2.33 bits per heavy atom. The molecular formula is C10H16O2. The molecule has 0 saturated heterocycles. The van der Waals surface area contributed by atoms with Crippen LogP contribution in [0.15, 0.2) is 12.2 Å². The molecule has 68 valence electrons. The maximum Gasteiger partial charge on any atom is 0.302 e. The van der Waals surface area contributed by atoms with Gasteiger partial charge < -0.3 is 4.74 Å². The molecule has 0 aromatic heterocycles. The Hall–Kier alpha value is -0.790. The second kappa shape index (κ2) is 4.29. The van der Waals surface area contributed by atoms with Crippen LogP contribution in [0.2, 0.25) is 0 Å². The van der Waals surface area contributed by atoms with Gasteiger partial charge in [0, 0.05) is 6.92 Å².